The van der Waals surface area contributed by atoms with Crippen molar-refractivity contribution in [3.8, 4) is 0 Å². The summed E-state index contributed by atoms with van der Waals surface area (Å²) < 4.78 is 2.14. The van der Waals surface area contributed by atoms with E-state index in [-0.39, 0.29) is 5.91 Å². The summed E-state index contributed by atoms with van der Waals surface area (Å²) in [5.74, 6) is 0.0752. The van der Waals surface area contributed by atoms with Gasteiger partial charge in [0.1, 0.15) is 0 Å². The number of benzene rings is 1. The van der Waals surface area contributed by atoms with Crippen LogP contribution < -0.4 is 0 Å². The smallest absolute Gasteiger partial charge is 0.254 e. The first kappa shape index (κ1) is 12.3. The second kappa shape index (κ2) is 4.74. The standard InChI is InChI=1S/C15H15ClN2O/c1-17-8-6-12-10-18(9-7-14(12)17)15(19)11-2-4-13(16)5-3-11/h2-6,8H,7,9-10H2,1H3. The molecule has 1 aliphatic rings. The van der Waals surface area contributed by atoms with E-state index in [1.807, 2.05) is 4.90 Å². The number of nitrogens with zero attached hydrogens (tertiary/aromatic N) is 2. The topological polar surface area (TPSA) is 25.2 Å². The zero-order valence-corrected chi connectivity index (χ0v) is 11.5. The monoisotopic (exact) mass is 274 g/mol. The van der Waals surface area contributed by atoms with Crippen molar-refractivity contribution < 1.29 is 4.79 Å². The predicted octanol–water partition coefficient (Wildman–Crippen LogP) is 2.88. The van der Waals surface area contributed by atoms with Gasteiger partial charge in [-0.15, -0.1) is 0 Å². The normalized spacial score (nSPS) is 14.3. The van der Waals surface area contributed by atoms with Gasteiger partial charge in [0, 0.05) is 49.0 Å². The quantitative estimate of drug-likeness (QED) is 0.785. The van der Waals surface area contributed by atoms with Crippen molar-refractivity contribution >= 4 is 17.5 Å². The first-order valence-electron chi connectivity index (χ1n) is 6.33. The van der Waals surface area contributed by atoms with Gasteiger partial charge in [-0.25, -0.2) is 0 Å². The molecule has 1 aromatic heterocycles. The third kappa shape index (κ3) is 2.26. The number of aryl methyl sites for hydroxylation is 1. The highest BCUT2D eigenvalue weighted by molar-refractivity contribution is 6.30. The zero-order chi connectivity index (χ0) is 13.4. The molecule has 2 aromatic rings. The SMILES string of the molecule is Cn1ccc2c1CCN(C(=O)c1ccc(Cl)cc1)C2. The Labute approximate surface area is 117 Å². The number of hydrogen-bond donors (Lipinski definition) is 0. The summed E-state index contributed by atoms with van der Waals surface area (Å²) in [4.78, 5) is 14.3. The van der Waals surface area contributed by atoms with Gasteiger partial charge in [-0.05, 0) is 35.9 Å². The number of fused-ring (bicyclic) bond motifs is 1. The van der Waals surface area contributed by atoms with E-state index in [0.717, 1.165) is 13.0 Å². The van der Waals surface area contributed by atoms with Crippen LogP contribution in [-0.4, -0.2) is 21.9 Å². The van der Waals surface area contributed by atoms with Crippen LogP contribution in [0.5, 0.6) is 0 Å². The molecular formula is C15H15ClN2O. The molecule has 98 valence electrons. The molecule has 3 nitrogen and oxygen atoms in total. The van der Waals surface area contributed by atoms with Crippen LogP contribution in [0, 0.1) is 0 Å². The fourth-order valence-corrected chi connectivity index (χ4v) is 2.70. The van der Waals surface area contributed by atoms with Crippen LogP contribution in [0.1, 0.15) is 21.6 Å². The summed E-state index contributed by atoms with van der Waals surface area (Å²) in [6.45, 7) is 1.46. The van der Waals surface area contributed by atoms with Crippen LogP contribution in [0.15, 0.2) is 36.5 Å². The fourth-order valence-electron chi connectivity index (χ4n) is 2.57. The average molecular weight is 275 g/mol. The zero-order valence-electron chi connectivity index (χ0n) is 10.8. The summed E-state index contributed by atoms with van der Waals surface area (Å²) in [7, 11) is 2.05. The molecule has 0 N–H and O–H groups in total. The summed E-state index contributed by atoms with van der Waals surface area (Å²) in [5, 5.41) is 0.653. The highest BCUT2D eigenvalue weighted by atomic mass is 35.5. The molecule has 0 aliphatic carbocycles. The predicted molar refractivity (Wildman–Crippen MR) is 75.3 cm³/mol. The van der Waals surface area contributed by atoms with Gasteiger partial charge >= 0.3 is 0 Å². The summed E-state index contributed by atoms with van der Waals surface area (Å²) in [6, 6.07) is 9.17. The molecule has 1 aliphatic heterocycles. The third-order valence-electron chi connectivity index (χ3n) is 3.65. The molecule has 1 aromatic carbocycles. The van der Waals surface area contributed by atoms with Gasteiger partial charge < -0.3 is 9.47 Å². The number of halogens is 1. The molecule has 0 saturated heterocycles. The van der Waals surface area contributed by atoms with Crippen LogP contribution in [0.3, 0.4) is 0 Å². The number of aromatic nitrogens is 1. The summed E-state index contributed by atoms with van der Waals surface area (Å²) in [5.41, 5.74) is 3.28. The molecule has 4 heteroatoms. The highest BCUT2D eigenvalue weighted by Gasteiger charge is 2.23. The molecule has 0 saturated carbocycles. The van der Waals surface area contributed by atoms with Gasteiger partial charge in [-0.3, -0.25) is 4.79 Å². The Morgan fingerprint density at radius 1 is 1.21 bits per heavy atom. The molecule has 3 rings (SSSR count). The maximum atomic E-state index is 12.4. The highest BCUT2D eigenvalue weighted by Crippen LogP contribution is 2.21. The van der Waals surface area contributed by atoms with Crippen LogP contribution in [-0.2, 0) is 20.0 Å². The van der Waals surface area contributed by atoms with Gasteiger partial charge in [0.2, 0.25) is 0 Å². The lowest BCUT2D eigenvalue weighted by Crippen LogP contribution is -2.36. The Morgan fingerprint density at radius 3 is 2.68 bits per heavy atom. The summed E-state index contributed by atoms with van der Waals surface area (Å²) >= 11 is 5.84. The minimum absolute atomic E-state index is 0.0752. The van der Waals surface area contributed by atoms with Crippen LogP contribution >= 0.6 is 11.6 Å². The van der Waals surface area contributed by atoms with Gasteiger partial charge in [0.05, 0.1) is 0 Å². The molecule has 0 radical (unpaired) electrons. The number of carbonyl (C=O) groups is 1. The second-order valence-electron chi connectivity index (χ2n) is 4.88. The second-order valence-corrected chi connectivity index (χ2v) is 5.32. The first-order valence-corrected chi connectivity index (χ1v) is 6.71. The van der Waals surface area contributed by atoms with Crippen molar-refractivity contribution in [3.05, 3.63) is 58.4 Å². The number of rotatable bonds is 1. The van der Waals surface area contributed by atoms with Gasteiger partial charge in [0.25, 0.3) is 5.91 Å². The van der Waals surface area contributed by atoms with Crippen molar-refractivity contribution in [2.24, 2.45) is 7.05 Å². The van der Waals surface area contributed by atoms with Crippen molar-refractivity contribution in [2.75, 3.05) is 6.54 Å². The van der Waals surface area contributed by atoms with Crippen LogP contribution in [0.2, 0.25) is 5.02 Å². The minimum atomic E-state index is 0.0752. The lowest BCUT2D eigenvalue weighted by molar-refractivity contribution is 0.0733. The van der Waals surface area contributed by atoms with Crippen molar-refractivity contribution in [1.29, 1.82) is 0 Å². The van der Waals surface area contributed by atoms with Crippen molar-refractivity contribution in [1.82, 2.24) is 9.47 Å². The van der Waals surface area contributed by atoms with E-state index in [2.05, 4.69) is 23.9 Å². The van der Waals surface area contributed by atoms with E-state index in [1.165, 1.54) is 11.3 Å². The largest absolute Gasteiger partial charge is 0.354 e. The maximum Gasteiger partial charge on any atom is 0.254 e. The fraction of sp³-hybridized carbons (Fsp3) is 0.267. The van der Waals surface area contributed by atoms with E-state index < -0.39 is 0 Å². The number of hydrogen-bond acceptors (Lipinski definition) is 1. The Kier molecular flexibility index (Phi) is 3.07. The lowest BCUT2D eigenvalue weighted by Gasteiger charge is -2.28. The Hall–Kier alpha value is -1.74. The molecule has 0 fully saturated rings. The molecule has 0 unspecified atom stereocenters. The van der Waals surface area contributed by atoms with Gasteiger partial charge in [0.15, 0.2) is 0 Å². The molecule has 1 amide bonds. The van der Waals surface area contributed by atoms with Crippen LogP contribution in [0.25, 0.3) is 0 Å². The molecule has 0 atom stereocenters. The van der Waals surface area contributed by atoms with Gasteiger partial charge in [-0.1, -0.05) is 11.6 Å². The van der Waals surface area contributed by atoms with E-state index in [9.17, 15) is 4.79 Å². The minimum Gasteiger partial charge on any atom is -0.354 e. The first-order chi connectivity index (χ1) is 9.15. The Balaban J connectivity index is 1.81. The summed E-state index contributed by atoms with van der Waals surface area (Å²) in [6.07, 6.45) is 2.97. The average Bonchev–Trinajstić information content (AvgIpc) is 2.80. The van der Waals surface area contributed by atoms with Crippen LogP contribution in [0.4, 0.5) is 0 Å². The third-order valence-corrected chi connectivity index (χ3v) is 3.91. The van der Waals surface area contributed by atoms with Crippen molar-refractivity contribution in [3.63, 3.8) is 0 Å². The lowest BCUT2D eigenvalue weighted by atomic mass is 10.1. The molecule has 2 heterocycles. The molecule has 19 heavy (non-hydrogen) atoms. The van der Waals surface area contributed by atoms with E-state index >= 15 is 0 Å². The number of carbonyl (C=O) groups excluding carboxylic acids is 1. The van der Waals surface area contributed by atoms with E-state index in [4.69, 9.17) is 11.6 Å². The molecular weight excluding hydrogens is 260 g/mol. The van der Waals surface area contributed by atoms with Gasteiger partial charge in [-0.2, -0.15) is 0 Å². The molecule has 0 bridgehead atoms. The van der Waals surface area contributed by atoms with E-state index in [1.54, 1.807) is 24.3 Å². The Bertz CT molecular complexity index is 616. The molecule has 0 spiro atoms. The maximum absolute atomic E-state index is 12.4. The number of amides is 1. The van der Waals surface area contributed by atoms with E-state index in [0.29, 0.717) is 17.1 Å². The Morgan fingerprint density at radius 2 is 1.95 bits per heavy atom. The van der Waals surface area contributed by atoms with Crippen molar-refractivity contribution in [2.45, 2.75) is 13.0 Å².